The van der Waals surface area contributed by atoms with E-state index in [2.05, 4.69) is 57.5 Å². The number of hydrogen-bond acceptors (Lipinski definition) is 5. The first-order chi connectivity index (χ1) is 19.4. The van der Waals surface area contributed by atoms with Crippen molar-refractivity contribution in [2.24, 2.45) is 28.9 Å². The number of hydrogen-bond donors (Lipinski definition) is 4. The van der Waals surface area contributed by atoms with Gasteiger partial charge in [0, 0.05) is 13.0 Å². The molecule has 10 heteroatoms. The monoisotopic (exact) mass is 576 g/mol. The van der Waals surface area contributed by atoms with Crippen molar-refractivity contribution in [1.82, 2.24) is 16.0 Å². The maximum atomic E-state index is 13.7. The molecule has 3 aliphatic carbocycles. The normalized spacial score (nSPS) is 27.5. The Morgan fingerprint density at radius 3 is 2.29 bits per heavy atom. The Morgan fingerprint density at radius 1 is 0.976 bits per heavy atom. The Bertz CT molecular complexity index is 887. The number of nitrogens with one attached hydrogen (secondary N) is 3. The maximum Gasteiger partial charge on any atom is 0.481 e. The average Bonchev–Trinajstić information content (AvgIpc) is 3.26. The van der Waals surface area contributed by atoms with Crippen LogP contribution in [0.5, 0.6) is 0 Å². The Hall–Kier alpha value is -1.81. The van der Waals surface area contributed by atoms with E-state index in [9.17, 15) is 14.4 Å². The van der Waals surface area contributed by atoms with Crippen LogP contribution < -0.4 is 21.7 Å². The Labute approximate surface area is 248 Å². The molecule has 0 radical (unpaired) electrons. The summed E-state index contributed by atoms with van der Waals surface area (Å²) in [5.41, 5.74) is 5.09. The van der Waals surface area contributed by atoms with Crippen LogP contribution in [0.1, 0.15) is 125 Å². The van der Waals surface area contributed by atoms with Crippen molar-refractivity contribution < 1.29 is 23.7 Å². The number of nitrogens with two attached hydrogens (primary N) is 1. The fourth-order valence-corrected chi connectivity index (χ4v) is 7.40. The lowest BCUT2D eigenvalue weighted by molar-refractivity contribution is -0.199. The van der Waals surface area contributed by atoms with Crippen molar-refractivity contribution >= 4 is 25.0 Å². The molecule has 4 fully saturated rings. The zero-order valence-corrected chi connectivity index (χ0v) is 26.6. The first-order valence-corrected chi connectivity index (χ1v) is 16.3. The summed E-state index contributed by atoms with van der Waals surface area (Å²) in [5.74, 6) is 0.733. The van der Waals surface area contributed by atoms with Crippen LogP contribution in [0.3, 0.4) is 0 Å². The molecule has 2 bridgehead atoms. The zero-order chi connectivity index (χ0) is 30.2. The van der Waals surface area contributed by atoms with Crippen molar-refractivity contribution in [3.05, 3.63) is 0 Å². The molecule has 0 aromatic rings. The van der Waals surface area contributed by atoms with Gasteiger partial charge in [-0.15, -0.1) is 0 Å². The molecule has 1 unspecified atom stereocenters. The summed E-state index contributed by atoms with van der Waals surface area (Å²) in [5, 5.41) is 8.74. The molecule has 0 aromatic carbocycles. The van der Waals surface area contributed by atoms with Crippen LogP contribution in [-0.2, 0) is 18.9 Å². The lowest BCUT2D eigenvalue weighted by Crippen LogP contribution is -2.65. The lowest BCUT2D eigenvalue weighted by atomic mass is 9.43. The fraction of sp³-hybridized carbons (Fsp3) is 0.903. The minimum absolute atomic E-state index is 0.0354. The zero-order valence-electron chi connectivity index (χ0n) is 26.6. The molecule has 6 atom stereocenters. The van der Waals surface area contributed by atoms with Gasteiger partial charge in [-0.2, -0.15) is 0 Å². The summed E-state index contributed by atoms with van der Waals surface area (Å²) >= 11 is 0. The van der Waals surface area contributed by atoms with Gasteiger partial charge < -0.3 is 31.0 Å². The number of urea groups is 1. The summed E-state index contributed by atoms with van der Waals surface area (Å²) in [4.78, 5) is 37.6. The standard InChI is InChI=1S/C31H57BN4O5/c1-7-8-9-10-11-12-13-16-27(37)35-23(15-14-17-34-29(33)39)28(38)36-26(18-21(2)3)32-40-25-20-22-19-24(30(22,4)5)31(25,6)41-32/h21-26H,7-20H2,1-6H3,(H,35,37)(H,36,38)(H3,33,34,39)/t22-,23?,24-,25-,26+,31+/m1/s1. The number of rotatable bonds is 18. The first-order valence-electron chi connectivity index (χ1n) is 16.3. The summed E-state index contributed by atoms with van der Waals surface area (Å²) in [7, 11) is -0.521. The van der Waals surface area contributed by atoms with Crippen molar-refractivity contribution in [2.45, 2.75) is 149 Å². The highest BCUT2D eigenvalue weighted by Crippen LogP contribution is 2.65. The van der Waals surface area contributed by atoms with Gasteiger partial charge in [-0.3, -0.25) is 9.59 Å². The van der Waals surface area contributed by atoms with Gasteiger partial charge >= 0.3 is 13.1 Å². The first kappa shape index (κ1) is 33.7. The van der Waals surface area contributed by atoms with Gasteiger partial charge in [0.1, 0.15) is 6.04 Å². The minimum atomic E-state index is -0.706. The van der Waals surface area contributed by atoms with Gasteiger partial charge in [0.05, 0.1) is 17.6 Å². The number of unbranched alkanes of at least 4 members (excludes halogenated alkanes) is 6. The molecule has 4 rings (SSSR count). The molecule has 4 aliphatic rings. The SMILES string of the molecule is CCCCCCCCCC(=O)NC(CCCNC(N)=O)C(=O)N[C@@H](CC(C)C)B1O[C@@H]2C[C@H]3C[C@H](C3(C)C)[C@]2(C)O1. The van der Waals surface area contributed by atoms with E-state index in [4.69, 9.17) is 15.0 Å². The summed E-state index contributed by atoms with van der Waals surface area (Å²) in [6, 6.07) is -1.31. The molecule has 4 amide bonds. The second kappa shape index (κ2) is 15.1. The molecule has 234 valence electrons. The fourth-order valence-electron chi connectivity index (χ4n) is 7.40. The van der Waals surface area contributed by atoms with Gasteiger partial charge in [0.25, 0.3) is 0 Å². The third-order valence-electron chi connectivity index (χ3n) is 9.98. The summed E-state index contributed by atoms with van der Waals surface area (Å²) in [6.45, 7) is 13.7. The number of carbonyl (C=O) groups is 3. The number of amides is 4. The molecule has 41 heavy (non-hydrogen) atoms. The predicted molar refractivity (Wildman–Crippen MR) is 163 cm³/mol. The summed E-state index contributed by atoms with van der Waals surface area (Å²) in [6.07, 6.45) is 12.1. The second-order valence-electron chi connectivity index (χ2n) is 14.0. The van der Waals surface area contributed by atoms with E-state index in [1.165, 1.54) is 32.1 Å². The number of primary amides is 1. The topological polar surface area (TPSA) is 132 Å². The van der Waals surface area contributed by atoms with Crippen molar-refractivity contribution in [3.63, 3.8) is 0 Å². The molecule has 9 nitrogen and oxygen atoms in total. The Kier molecular flexibility index (Phi) is 12.4. The van der Waals surface area contributed by atoms with Gasteiger partial charge in [0.2, 0.25) is 11.8 Å². The molecule has 1 saturated heterocycles. The van der Waals surface area contributed by atoms with Crippen molar-refractivity contribution in [1.29, 1.82) is 0 Å². The van der Waals surface area contributed by atoms with E-state index in [-0.39, 0.29) is 34.9 Å². The quantitative estimate of drug-likeness (QED) is 0.137. The van der Waals surface area contributed by atoms with E-state index in [1.54, 1.807) is 0 Å². The van der Waals surface area contributed by atoms with Crippen LogP contribution in [0, 0.1) is 23.2 Å². The van der Waals surface area contributed by atoms with E-state index < -0.39 is 19.2 Å². The Morgan fingerprint density at radius 2 is 1.66 bits per heavy atom. The van der Waals surface area contributed by atoms with E-state index in [1.807, 2.05) is 0 Å². The number of carbonyl (C=O) groups excluding carboxylic acids is 3. The van der Waals surface area contributed by atoms with Gasteiger partial charge in [-0.1, -0.05) is 73.1 Å². The van der Waals surface area contributed by atoms with Crippen LogP contribution in [0.2, 0.25) is 0 Å². The largest absolute Gasteiger partial charge is 0.481 e. The van der Waals surface area contributed by atoms with E-state index in [0.717, 1.165) is 25.7 Å². The van der Waals surface area contributed by atoms with Gasteiger partial charge in [-0.05, 0) is 68.6 Å². The predicted octanol–water partition coefficient (Wildman–Crippen LogP) is 4.86. The van der Waals surface area contributed by atoms with E-state index in [0.29, 0.717) is 50.0 Å². The van der Waals surface area contributed by atoms with Gasteiger partial charge in [-0.25, -0.2) is 4.79 Å². The second-order valence-corrected chi connectivity index (χ2v) is 14.0. The highest BCUT2D eigenvalue weighted by Gasteiger charge is 2.68. The molecule has 5 N–H and O–H groups in total. The molecule has 0 spiro atoms. The molecular weight excluding hydrogens is 519 g/mol. The van der Waals surface area contributed by atoms with Crippen LogP contribution in [0.4, 0.5) is 4.79 Å². The van der Waals surface area contributed by atoms with Crippen molar-refractivity contribution in [3.8, 4) is 0 Å². The van der Waals surface area contributed by atoms with Crippen LogP contribution in [0.15, 0.2) is 0 Å². The van der Waals surface area contributed by atoms with Crippen LogP contribution in [0.25, 0.3) is 0 Å². The smallest absolute Gasteiger partial charge is 0.404 e. The highest BCUT2D eigenvalue weighted by atomic mass is 16.7. The van der Waals surface area contributed by atoms with Crippen molar-refractivity contribution in [2.75, 3.05) is 6.54 Å². The average molecular weight is 577 g/mol. The van der Waals surface area contributed by atoms with E-state index >= 15 is 0 Å². The third-order valence-corrected chi connectivity index (χ3v) is 9.98. The Balaban J connectivity index is 1.60. The van der Waals surface area contributed by atoms with Gasteiger partial charge in [0.15, 0.2) is 0 Å². The minimum Gasteiger partial charge on any atom is -0.404 e. The molecule has 1 aliphatic heterocycles. The lowest BCUT2D eigenvalue weighted by Gasteiger charge is -2.64. The summed E-state index contributed by atoms with van der Waals surface area (Å²) < 4.78 is 13.2. The van der Waals surface area contributed by atoms with Crippen LogP contribution >= 0.6 is 0 Å². The molecule has 1 heterocycles. The molecular formula is C31H57BN4O5. The molecule has 3 saturated carbocycles. The highest BCUT2D eigenvalue weighted by molar-refractivity contribution is 6.48. The maximum absolute atomic E-state index is 13.7. The molecule has 0 aromatic heterocycles. The third kappa shape index (κ3) is 8.85. The van der Waals surface area contributed by atoms with Crippen LogP contribution in [-0.4, -0.2) is 55.2 Å².